The van der Waals surface area contributed by atoms with Crippen LogP contribution in [0, 0.1) is 5.92 Å². The van der Waals surface area contributed by atoms with Crippen LogP contribution in [0.15, 0.2) is 5.16 Å². The van der Waals surface area contributed by atoms with E-state index in [0.717, 1.165) is 12.1 Å². The number of hydrogen-bond donors (Lipinski definition) is 0. The van der Waals surface area contributed by atoms with E-state index < -0.39 is 6.09 Å². The highest BCUT2D eigenvalue weighted by atomic mass is 32.2. The molecule has 0 aromatic rings. The fraction of sp³-hybridized carbons (Fsp3) is 0.700. The minimum absolute atomic E-state index is 0.0663. The minimum Gasteiger partial charge on any atom is -0.296 e. The number of hydrogen-bond acceptors (Lipinski definition) is 6. The van der Waals surface area contributed by atoms with Crippen molar-refractivity contribution in [3.63, 3.8) is 0 Å². The van der Waals surface area contributed by atoms with Crippen LogP contribution in [0.3, 0.4) is 0 Å². The third-order valence-corrected chi connectivity index (χ3v) is 3.34. The quantitative estimate of drug-likeness (QED) is 0.262. The summed E-state index contributed by atoms with van der Waals surface area (Å²) in [6, 6.07) is 0. The molecule has 2 amide bonds. The average Bonchev–Trinajstić information content (AvgIpc) is 2.33. The highest BCUT2D eigenvalue weighted by Crippen LogP contribution is 2.16. The molecule has 0 aliphatic rings. The van der Waals surface area contributed by atoms with Crippen molar-refractivity contribution in [2.45, 2.75) is 20.8 Å². The van der Waals surface area contributed by atoms with Gasteiger partial charge >= 0.3 is 6.09 Å². The molecule has 0 rings (SSSR count). The molecule has 0 aromatic heterocycles. The highest BCUT2D eigenvalue weighted by molar-refractivity contribution is 8.13. The van der Waals surface area contributed by atoms with E-state index in [4.69, 9.17) is 4.84 Å². The van der Waals surface area contributed by atoms with Crippen LogP contribution in [0.4, 0.5) is 4.79 Å². The fourth-order valence-electron chi connectivity index (χ4n) is 0.819. The summed E-state index contributed by atoms with van der Waals surface area (Å²) < 4.78 is 2.59. The van der Waals surface area contributed by atoms with Gasteiger partial charge in [0.05, 0.1) is 12.1 Å². The number of carbonyl (C=O) groups excluding carboxylic acids is 2. The minimum atomic E-state index is -0.628. The molecule has 0 N–H and O–H groups in total. The summed E-state index contributed by atoms with van der Waals surface area (Å²) in [5, 5.41) is 4.27. The van der Waals surface area contributed by atoms with E-state index in [0.29, 0.717) is 5.04 Å². The Morgan fingerprint density at radius 3 is 2.22 bits per heavy atom. The third-order valence-electron chi connectivity index (χ3n) is 1.85. The van der Waals surface area contributed by atoms with Crippen molar-refractivity contribution in [3.8, 4) is 0 Å². The van der Waals surface area contributed by atoms with Crippen molar-refractivity contribution in [2.24, 2.45) is 11.1 Å². The monoisotopic (exact) mass is 293 g/mol. The normalized spacial score (nSPS) is 11.4. The van der Waals surface area contributed by atoms with Gasteiger partial charge in [0.25, 0.3) is 0 Å². The maximum Gasteiger partial charge on any atom is 0.447 e. The first-order valence-corrected chi connectivity index (χ1v) is 7.24. The molecule has 0 atom stereocenters. The first-order valence-electron chi connectivity index (χ1n) is 5.28. The molecule has 0 aromatic carbocycles. The van der Waals surface area contributed by atoms with Crippen molar-refractivity contribution < 1.29 is 14.4 Å². The van der Waals surface area contributed by atoms with Crippen LogP contribution in [0.2, 0.25) is 0 Å². The number of carbonyl (C=O) groups is 2. The molecule has 0 aliphatic heterocycles. The Balaban J connectivity index is 4.28. The zero-order valence-electron chi connectivity index (χ0n) is 11.5. The van der Waals surface area contributed by atoms with E-state index in [1.807, 2.05) is 6.26 Å². The smallest absolute Gasteiger partial charge is 0.296 e. The van der Waals surface area contributed by atoms with Gasteiger partial charge in [0.2, 0.25) is 5.91 Å². The van der Waals surface area contributed by atoms with Crippen molar-refractivity contribution >= 4 is 40.9 Å². The lowest BCUT2D eigenvalue weighted by Crippen LogP contribution is -2.31. The Morgan fingerprint density at radius 1 is 1.22 bits per heavy atom. The summed E-state index contributed by atoms with van der Waals surface area (Å²) in [6.45, 7) is 5.33. The third kappa shape index (κ3) is 6.15. The molecule has 18 heavy (non-hydrogen) atoms. The summed E-state index contributed by atoms with van der Waals surface area (Å²) in [7, 11) is 3.12. The van der Waals surface area contributed by atoms with Crippen LogP contribution < -0.4 is 0 Å². The number of thioether (sulfide) groups is 1. The van der Waals surface area contributed by atoms with Gasteiger partial charge in [-0.25, -0.2) is 9.10 Å². The summed E-state index contributed by atoms with van der Waals surface area (Å²) in [4.78, 5) is 27.8. The Bertz CT molecular complexity index is 334. The van der Waals surface area contributed by atoms with Crippen LogP contribution in [0.5, 0.6) is 0 Å². The number of amides is 2. The van der Waals surface area contributed by atoms with Gasteiger partial charge in [-0.3, -0.25) is 13.9 Å². The molecule has 6 nitrogen and oxygen atoms in total. The SMILES string of the molecule is CS/C(C)=N/OC(=O)N(C)SN(C)C(=O)C(C)C. The summed E-state index contributed by atoms with van der Waals surface area (Å²) in [6.07, 6.45) is 1.21. The lowest BCUT2D eigenvalue weighted by molar-refractivity contribution is -0.128. The first kappa shape index (κ1) is 17.1. The van der Waals surface area contributed by atoms with Gasteiger partial charge < -0.3 is 0 Å². The molecule has 0 aliphatic carbocycles. The average molecular weight is 293 g/mol. The predicted octanol–water partition coefficient (Wildman–Crippen LogP) is 2.43. The Hall–Kier alpha value is -0.890. The van der Waals surface area contributed by atoms with E-state index >= 15 is 0 Å². The van der Waals surface area contributed by atoms with Crippen LogP contribution >= 0.6 is 23.9 Å². The van der Waals surface area contributed by atoms with Gasteiger partial charge in [-0.1, -0.05) is 19.0 Å². The Kier molecular flexibility index (Phi) is 7.85. The topological polar surface area (TPSA) is 62.2 Å². The van der Waals surface area contributed by atoms with Gasteiger partial charge in [-0.15, -0.1) is 11.8 Å². The Morgan fingerprint density at radius 2 is 1.78 bits per heavy atom. The van der Waals surface area contributed by atoms with Gasteiger partial charge in [0.1, 0.15) is 5.04 Å². The fourth-order valence-corrected chi connectivity index (χ4v) is 1.69. The molecule has 104 valence electrons. The number of rotatable bonds is 4. The number of oxime groups is 1. The van der Waals surface area contributed by atoms with Crippen molar-refractivity contribution in [3.05, 3.63) is 0 Å². The van der Waals surface area contributed by atoms with E-state index in [9.17, 15) is 9.59 Å². The predicted molar refractivity (Wildman–Crippen MR) is 76.1 cm³/mol. The molecule has 8 heteroatoms. The maximum absolute atomic E-state index is 11.6. The van der Waals surface area contributed by atoms with E-state index in [1.165, 1.54) is 27.4 Å². The summed E-state index contributed by atoms with van der Waals surface area (Å²) in [5.74, 6) is -0.188. The molecule has 0 bridgehead atoms. The molecule has 0 saturated heterocycles. The standard InChI is InChI=1S/C10H19N3O3S2/c1-7(2)9(14)12(4)18-13(5)10(15)16-11-8(3)17-6/h7H,1-6H3/b11-8+. The number of nitrogens with zero attached hydrogens (tertiary/aromatic N) is 3. The zero-order chi connectivity index (χ0) is 14.3. The molecule has 0 saturated carbocycles. The van der Waals surface area contributed by atoms with Crippen molar-refractivity contribution in [2.75, 3.05) is 20.4 Å². The van der Waals surface area contributed by atoms with E-state index in [-0.39, 0.29) is 11.8 Å². The molecule has 0 fully saturated rings. The van der Waals surface area contributed by atoms with Crippen LogP contribution in [0.1, 0.15) is 20.8 Å². The van der Waals surface area contributed by atoms with Crippen LogP contribution in [-0.4, -0.2) is 46.0 Å². The van der Waals surface area contributed by atoms with Crippen molar-refractivity contribution in [1.29, 1.82) is 0 Å². The Labute approximate surface area is 116 Å². The largest absolute Gasteiger partial charge is 0.447 e. The van der Waals surface area contributed by atoms with Gasteiger partial charge in [-0.2, -0.15) is 0 Å². The maximum atomic E-state index is 11.6. The summed E-state index contributed by atoms with van der Waals surface area (Å²) >= 11 is 2.35. The summed E-state index contributed by atoms with van der Waals surface area (Å²) in [5.41, 5.74) is 0. The van der Waals surface area contributed by atoms with E-state index in [2.05, 4.69) is 5.16 Å². The van der Waals surface area contributed by atoms with E-state index in [1.54, 1.807) is 27.8 Å². The zero-order valence-corrected chi connectivity index (χ0v) is 13.1. The first-order chi connectivity index (χ1) is 8.29. The molecule has 0 unspecified atom stereocenters. The van der Waals surface area contributed by atoms with Crippen LogP contribution in [-0.2, 0) is 9.63 Å². The second-order valence-electron chi connectivity index (χ2n) is 3.74. The second kappa shape index (κ2) is 8.25. The lowest BCUT2D eigenvalue weighted by Gasteiger charge is -2.22. The molecule has 0 heterocycles. The van der Waals surface area contributed by atoms with Gasteiger partial charge in [-0.05, 0) is 13.2 Å². The highest BCUT2D eigenvalue weighted by Gasteiger charge is 2.19. The molecule has 0 radical (unpaired) electrons. The van der Waals surface area contributed by atoms with Crippen molar-refractivity contribution in [1.82, 2.24) is 8.61 Å². The van der Waals surface area contributed by atoms with Gasteiger partial charge in [0, 0.05) is 20.0 Å². The molecular formula is C10H19N3O3S2. The van der Waals surface area contributed by atoms with Crippen LogP contribution in [0.25, 0.3) is 0 Å². The van der Waals surface area contributed by atoms with Gasteiger partial charge in [0.15, 0.2) is 0 Å². The second-order valence-corrected chi connectivity index (χ2v) is 6.00. The molecular weight excluding hydrogens is 274 g/mol. The lowest BCUT2D eigenvalue weighted by atomic mass is 10.2. The molecule has 0 spiro atoms.